The Labute approximate surface area is 160 Å². The van der Waals surface area contributed by atoms with E-state index in [1.807, 2.05) is 34.6 Å². The van der Waals surface area contributed by atoms with E-state index in [9.17, 15) is 4.79 Å². The standard InChI is InChI=1S/C18H27N5O2S/c1-12-14(11-20-21-19)10-15(13(2)16(12)26)22-6-8-23(9-7-22)17(24)25-18(3,4)5/h10,26H,6-9,11H2,1-5H3. The first-order chi connectivity index (χ1) is 12.1. The van der Waals surface area contributed by atoms with Gasteiger partial charge in [-0.2, -0.15) is 0 Å². The Bertz CT molecular complexity index is 730. The third kappa shape index (κ3) is 4.77. The lowest BCUT2D eigenvalue weighted by molar-refractivity contribution is 0.0240. The maximum Gasteiger partial charge on any atom is 0.410 e. The van der Waals surface area contributed by atoms with Gasteiger partial charge in [0.05, 0.1) is 6.54 Å². The number of thiol groups is 1. The van der Waals surface area contributed by atoms with Crippen molar-refractivity contribution in [1.82, 2.24) is 4.90 Å². The molecule has 0 atom stereocenters. The lowest BCUT2D eigenvalue weighted by Gasteiger charge is -2.38. The first-order valence-corrected chi connectivity index (χ1v) is 9.14. The van der Waals surface area contributed by atoms with Crippen molar-refractivity contribution in [1.29, 1.82) is 0 Å². The summed E-state index contributed by atoms with van der Waals surface area (Å²) in [5.41, 5.74) is 12.3. The summed E-state index contributed by atoms with van der Waals surface area (Å²) in [6.07, 6.45) is -0.267. The van der Waals surface area contributed by atoms with Crippen LogP contribution in [0.1, 0.15) is 37.5 Å². The van der Waals surface area contributed by atoms with Crippen molar-refractivity contribution in [2.45, 2.75) is 51.7 Å². The third-order valence-corrected chi connectivity index (χ3v) is 5.13. The van der Waals surface area contributed by atoms with Gasteiger partial charge in [-0.25, -0.2) is 4.79 Å². The number of rotatable bonds is 3. The zero-order chi connectivity index (χ0) is 19.5. The van der Waals surface area contributed by atoms with Gasteiger partial charge in [0, 0.05) is 41.7 Å². The summed E-state index contributed by atoms with van der Waals surface area (Å²) >= 11 is 4.64. The lowest BCUT2D eigenvalue weighted by Crippen LogP contribution is -2.50. The molecule has 0 N–H and O–H groups in total. The predicted octanol–water partition coefficient (Wildman–Crippen LogP) is 4.46. The van der Waals surface area contributed by atoms with Crippen LogP contribution in [0.15, 0.2) is 16.1 Å². The molecular formula is C18H27N5O2S. The second kappa shape index (κ2) is 8.10. The van der Waals surface area contributed by atoms with Gasteiger partial charge in [0.15, 0.2) is 0 Å². The van der Waals surface area contributed by atoms with Gasteiger partial charge in [0.1, 0.15) is 5.60 Å². The van der Waals surface area contributed by atoms with E-state index in [1.54, 1.807) is 4.90 Å². The van der Waals surface area contributed by atoms with E-state index in [0.29, 0.717) is 19.6 Å². The molecule has 1 aliphatic heterocycles. The third-order valence-electron chi connectivity index (χ3n) is 4.46. The minimum absolute atomic E-state index is 0.267. The minimum atomic E-state index is -0.487. The Kier molecular flexibility index (Phi) is 6.31. The van der Waals surface area contributed by atoms with Crippen LogP contribution in [0, 0.1) is 13.8 Å². The zero-order valence-corrected chi connectivity index (χ0v) is 17.0. The van der Waals surface area contributed by atoms with E-state index in [0.717, 1.165) is 40.4 Å². The summed E-state index contributed by atoms with van der Waals surface area (Å²) < 4.78 is 5.45. The second-order valence-corrected chi connectivity index (χ2v) is 7.94. The summed E-state index contributed by atoms with van der Waals surface area (Å²) in [5.74, 6) is 0. The Hall–Kier alpha value is -2.05. The van der Waals surface area contributed by atoms with Crippen LogP contribution in [0.2, 0.25) is 0 Å². The van der Waals surface area contributed by atoms with E-state index in [4.69, 9.17) is 10.3 Å². The fraction of sp³-hybridized carbons (Fsp3) is 0.611. The zero-order valence-electron chi connectivity index (χ0n) is 16.1. The second-order valence-electron chi connectivity index (χ2n) is 7.50. The average molecular weight is 378 g/mol. The van der Waals surface area contributed by atoms with E-state index >= 15 is 0 Å². The number of piperazine rings is 1. The fourth-order valence-corrected chi connectivity index (χ4v) is 3.25. The number of hydrogen-bond acceptors (Lipinski definition) is 5. The van der Waals surface area contributed by atoms with Crippen molar-refractivity contribution >= 4 is 24.4 Å². The Balaban J connectivity index is 2.15. The first kappa shape index (κ1) is 20.3. The quantitative estimate of drug-likeness (QED) is 0.365. The molecule has 0 spiro atoms. The minimum Gasteiger partial charge on any atom is -0.444 e. The number of benzene rings is 1. The molecule has 142 valence electrons. The number of azide groups is 1. The molecule has 1 amide bonds. The molecule has 7 nitrogen and oxygen atoms in total. The summed E-state index contributed by atoms with van der Waals surface area (Å²) in [6, 6.07) is 2.07. The normalized spacial score (nSPS) is 14.8. The first-order valence-electron chi connectivity index (χ1n) is 8.70. The molecule has 2 rings (SSSR count). The maximum atomic E-state index is 12.2. The van der Waals surface area contributed by atoms with Crippen molar-refractivity contribution in [2.24, 2.45) is 5.11 Å². The van der Waals surface area contributed by atoms with Crippen LogP contribution in [0.3, 0.4) is 0 Å². The van der Waals surface area contributed by atoms with Crippen molar-refractivity contribution in [3.05, 3.63) is 33.2 Å². The van der Waals surface area contributed by atoms with Gasteiger partial charge < -0.3 is 14.5 Å². The summed E-state index contributed by atoms with van der Waals surface area (Å²) in [4.78, 5) is 20.0. The van der Waals surface area contributed by atoms with Gasteiger partial charge in [-0.05, 0) is 62.9 Å². The highest BCUT2D eigenvalue weighted by atomic mass is 32.1. The van der Waals surface area contributed by atoms with E-state index < -0.39 is 5.60 Å². The molecule has 1 aromatic carbocycles. The number of carbonyl (C=O) groups excluding carboxylic acids is 1. The number of hydrogen-bond donors (Lipinski definition) is 1. The monoisotopic (exact) mass is 377 g/mol. The van der Waals surface area contributed by atoms with Crippen molar-refractivity contribution < 1.29 is 9.53 Å². The number of ether oxygens (including phenoxy) is 1. The number of anilines is 1. The molecule has 0 radical (unpaired) electrons. The number of nitrogens with zero attached hydrogens (tertiary/aromatic N) is 5. The highest BCUT2D eigenvalue weighted by Crippen LogP contribution is 2.32. The molecule has 1 aromatic rings. The van der Waals surface area contributed by atoms with Crippen LogP contribution in [0.5, 0.6) is 0 Å². The van der Waals surface area contributed by atoms with Crippen LogP contribution < -0.4 is 4.90 Å². The van der Waals surface area contributed by atoms with E-state index in [-0.39, 0.29) is 6.09 Å². The maximum absolute atomic E-state index is 12.2. The molecule has 1 fully saturated rings. The molecule has 0 aliphatic carbocycles. The van der Waals surface area contributed by atoms with Gasteiger partial charge >= 0.3 is 6.09 Å². The molecule has 0 unspecified atom stereocenters. The largest absolute Gasteiger partial charge is 0.444 e. The molecule has 26 heavy (non-hydrogen) atoms. The number of carbonyl (C=O) groups is 1. The van der Waals surface area contributed by atoms with Gasteiger partial charge in [-0.3, -0.25) is 0 Å². The summed E-state index contributed by atoms with van der Waals surface area (Å²) in [7, 11) is 0. The topological polar surface area (TPSA) is 81.5 Å². The fourth-order valence-electron chi connectivity index (χ4n) is 2.99. The van der Waals surface area contributed by atoms with Crippen molar-refractivity contribution in [3.8, 4) is 0 Å². The summed E-state index contributed by atoms with van der Waals surface area (Å²) in [5, 5.41) is 3.69. The molecular weight excluding hydrogens is 350 g/mol. The average Bonchev–Trinajstić information content (AvgIpc) is 2.58. The molecule has 1 saturated heterocycles. The van der Waals surface area contributed by atoms with Crippen LogP contribution in [-0.4, -0.2) is 42.8 Å². The molecule has 1 heterocycles. The Morgan fingerprint density at radius 1 is 1.27 bits per heavy atom. The van der Waals surface area contributed by atoms with Crippen LogP contribution in [-0.2, 0) is 11.3 Å². The Morgan fingerprint density at radius 3 is 2.42 bits per heavy atom. The molecule has 0 saturated carbocycles. The SMILES string of the molecule is Cc1c(CN=[N+]=[N-])cc(N2CCN(C(=O)OC(C)(C)C)CC2)c(C)c1S. The van der Waals surface area contributed by atoms with Crippen molar-refractivity contribution in [2.75, 3.05) is 31.1 Å². The van der Waals surface area contributed by atoms with Crippen LogP contribution in [0.25, 0.3) is 10.4 Å². The molecule has 1 aliphatic rings. The van der Waals surface area contributed by atoms with Gasteiger partial charge in [-0.1, -0.05) is 5.11 Å². The van der Waals surface area contributed by atoms with Gasteiger partial charge in [0.2, 0.25) is 0 Å². The van der Waals surface area contributed by atoms with Gasteiger partial charge in [-0.15, -0.1) is 12.6 Å². The highest BCUT2D eigenvalue weighted by molar-refractivity contribution is 7.80. The predicted molar refractivity (Wildman–Crippen MR) is 106 cm³/mol. The highest BCUT2D eigenvalue weighted by Gasteiger charge is 2.27. The number of amides is 1. The van der Waals surface area contributed by atoms with Crippen LogP contribution in [0.4, 0.5) is 10.5 Å². The molecule has 0 aromatic heterocycles. The van der Waals surface area contributed by atoms with Crippen LogP contribution >= 0.6 is 12.6 Å². The molecule has 8 heteroatoms. The Morgan fingerprint density at radius 2 is 1.88 bits per heavy atom. The van der Waals surface area contributed by atoms with Crippen molar-refractivity contribution in [3.63, 3.8) is 0 Å². The van der Waals surface area contributed by atoms with Gasteiger partial charge in [0.25, 0.3) is 0 Å². The lowest BCUT2D eigenvalue weighted by atomic mass is 10.0. The molecule has 0 bridgehead atoms. The van der Waals surface area contributed by atoms with E-state index in [2.05, 4.69) is 33.6 Å². The smallest absolute Gasteiger partial charge is 0.410 e. The van der Waals surface area contributed by atoms with E-state index in [1.165, 1.54) is 0 Å². The summed E-state index contributed by atoms with van der Waals surface area (Å²) in [6.45, 7) is 12.6.